The number of nitrogens with zero attached hydrogens (tertiary/aromatic N) is 5. The number of piperidine rings is 1. The molecule has 2 aromatic carbocycles. The van der Waals surface area contributed by atoms with Gasteiger partial charge >= 0.3 is 11.9 Å². The Labute approximate surface area is 222 Å². The van der Waals surface area contributed by atoms with Crippen molar-refractivity contribution < 1.29 is 18.0 Å². The molecule has 2 N–H and O–H groups in total. The van der Waals surface area contributed by atoms with Crippen LogP contribution in [0.1, 0.15) is 18.4 Å². The number of hydrogen-bond acceptors (Lipinski definition) is 6. The van der Waals surface area contributed by atoms with Gasteiger partial charge in [0.05, 0.1) is 5.69 Å². The van der Waals surface area contributed by atoms with Crippen LogP contribution in [0.3, 0.4) is 0 Å². The van der Waals surface area contributed by atoms with Crippen molar-refractivity contribution in [3.63, 3.8) is 0 Å². The van der Waals surface area contributed by atoms with E-state index in [2.05, 4.69) is 20.6 Å². The largest absolute Gasteiger partial charge is 0.432 e. The van der Waals surface area contributed by atoms with E-state index in [0.29, 0.717) is 48.5 Å². The van der Waals surface area contributed by atoms with Gasteiger partial charge in [-0.1, -0.05) is 12.1 Å². The number of aromatic nitrogens is 4. The highest BCUT2D eigenvalue weighted by Gasteiger charge is 2.25. The Morgan fingerprint density at radius 3 is 2.59 bits per heavy atom. The number of benzene rings is 2. The first-order valence-corrected chi connectivity index (χ1v) is 12.6. The fraction of sp³-hybridized carbons (Fsp3) is 0.214. The summed E-state index contributed by atoms with van der Waals surface area (Å²) in [5.74, 6) is 0.180. The van der Waals surface area contributed by atoms with Gasteiger partial charge in [-0.15, -0.1) is 0 Å². The average molecular weight is 530 g/mol. The summed E-state index contributed by atoms with van der Waals surface area (Å²) in [6.07, 6.45) is 6.64. The summed E-state index contributed by atoms with van der Waals surface area (Å²) in [4.78, 5) is 28.3. The van der Waals surface area contributed by atoms with Crippen LogP contribution in [0.4, 0.5) is 19.5 Å². The number of nitrogens with one attached hydrogen (secondary N) is 2. The van der Waals surface area contributed by atoms with Crippen molar-refractivity contribution in [1.29, 1.82) is 0 Å². The molecule has 3 aromatic heterocycles. The smallest absolute Gasteiger partial charge is 0.317 e. The lowest BCUT2D eigenvalue weighted by Crippen LogP contribution is -2.49. The molecule has 0 saturated carbocycles. The van der Waals surface area contributed by atoms with E-state index < -0.39 is 0 Å². The molecule has 0 radical (unpaired) electrons. The number of imidazole rings is 1. The van der Waals surface area contributed by atoms with E-state index in [-0.39, 0.29) is 23.7 Å². The number of likely N-dealkylation sites (tertiary alicyclic amines) is 1. The Balaban J connectivity index is 1.17. The Hall–Kier alpha value is -4.80. The van der Waals surface area contributed by atoms with Gasteiger partial charge in [0.1, 0.15) is 29.3 Å². The third-order valence-corrected chi connectivity index (χ3v) is 6.68. The maximum atomic E-state index is 13.5. The number of carbonyl (C=O) groups excluding carboxylic acids is 1. The number of fused-ring (bicyclic) bond motifs is 1. The Bertz CT molecular complexity index is 1600. The summed E-state index contributed by atoms with van der Waals surface area (Å²) in [5, 5.41) is 6.27. The van der Waals surface area contributed by atoms with E-state index in [1.54, 1.807) is 58.3 Å². The van der Waals surface area contributed by atoms with Gasteiger partial charge < -0.3 is 20.0 Å². The third-order valence-electron chi connectivity index (χ3n) is 6.68. The molecule has 0 bridgehead atoms. The zero-order valence-corrected chi connectivity index (χ0v) is 20.8. The van der Waals surface area contributed by atoms with Crippen molar-refractivity contribution in [2.45, 2.75) is 25.4 Å². The molecule has 39 heavy (non-hydrogen) atoms. The SMILES string of the molecule is O=C(NCc1ccc(F)cc1)N1CCC[C@@H](Nc2nccc(-c3c(-c4ccc(F)cc4)nc4occn34)n2)C1. The van der Waals surface area contributed by atoms with Crippen LogP contribution in [0.2, 0.25) is 0 Å². The second kappa shape index (κ2) is 10.5. The summed E-state index contributed by atoms with van der Waals surface area (Å²) >= 11 is 0. The molecule has 11 heteroatoms. The van der Waals surface area contributed by atoms with Crippen molar-refractivity contribution in [2.24, 2.45) is 0 Å². The van der Waals surface area contributed by atoms with Crippen LogP contribution in [0, 0.1) is 11.6 Å². The lowest BCUT2D eigenvalue weighted by Gasteiger charge is -2.33. The summed E-state index contributed by atoms with van der Waals surface area (Å²) in [5.41, 5.74) is 3.48. The monoisotopic (exact) mass is 529 g/mol. The summed E-state index contributed by atoms with van der Waals surface area (Å²) < 4.78 is 34.0. The first-order chi connectivity index (χ1) is 19.0. The molecule has 0 spiro atoms. The van der Waals surface area contributed by atoms with Crippen LogP contribution >= 0.6 is 0 Å². The Morgan fingerprint density at radius 1 is 1.03 bits per heavy atom. The van der Waals surface area contributed by atoms with Crippen LogP contribution < -0.4 is 10.6 Å². The second-order valence-corrected chi connectivity index (χ2v) is 9.35. The summed E-state index contributed by atoms with van der Waals surface area (Å²) in [6.45, 7) is 1.45. The number of carbonyl (C=O) groups is 1. The molecular weight excluding hydrogens is 504 g/mol. The molecule has 9 nitrogen and oxygen atoms in total. The fourth-order valence-electron chi connectivity index (χ4n) is 4.75. The van der Waals surface area contributed by atoms with Crippen LogP contribution in [0.15, 0.2) is 77.7 Å². The maximum absolute atomic E-state index is 13.5. The lowest BCUT2D eigenvalue weighted by molar-refractivity contribution is 0.182. The van der Waals surface area contributed by atoms with E-state index >= 15 is 0 Å². The molecule has 6 rings (SSSR count). The Kier molecular flexibility index (Phi) is 6.62. The quantitative estimate of drug-likeness (QED) is 0.317. The number of halogens is 2. The second-order valence-electron chi connectivity index (χ2n) is 9.35. The highest BCUT2D eigenvalue weighted by atomic mass is 19.1. The number of oxazole rings is 1. The number of rotatable bonds is 6. The highest BCUT2D eigenvalue weighted by Crippen LogP contribution is 2.32. The maximum Gasteiger partial charge on any atom is 0.317 e. The minimum atomic E-state index is -0.331. The molecule has 1 atom stereocenters. The van der Waals surface area contributed by atoms with E-state index in [1.807, 2.05) is 0 Å². The van der Waals surface area contributed by atoms with Gasteiger partial charge in [-0.3, -0.25) is 4.40 Å². The lowest BCUT2D eigenvalue weighted by atomic mass is 10.1. The van der Waals surface area contributed by atoms with Gasteiger partial charge in [0.15, 0.2) is 0 Å². The van der Waals surface area contributed by atoms with Crippen molar-refractivity contribution in [1.82, 2.24) is 29.6 Å². The Morgan fingerprint density at radius 2 is 1.79 bits per heavy atom. The zero-order chi connectivity index (χ0) is 26.8. The van der Waals surface area contributed by atoms with E-state index in [4.69, 9.17) is 9.40 Å². The van der Waals surface area contributed by atoms with E-state index in [1.165, 1.54) is 24.3 Å². The highest BCUT2D eigenvalue weighted by molar-refractivity contribution is 5.79. The first kappa shape index (κ1) is 24.5. The fourth-order valence-corrected chi connectivity index (χ4v) is 4.75. The number of hydrogen-bond donors (Lipinski definition) is 2. The molecule has 0 unspecified atom stereocenters. The molecule has 0 aliphatic carbocycles. The number of urea groups is 1. The van der Waals surface area contributed by atoms with Crippen molar-refractivity contribution in [3.8, 4) is 22.6 Å². The number of amides is 2. The van der Waals surface area contributed by atoms with Crippen molar-refractivity contribution >= 4 is 17.8 Å². The first-order valence-electron chi connectivity index (χ1n) is 12.6. The minimum absolute atomic E-state index is 0.0403. The average Bonchev–Trinajstić information content (AvgIpc) is 3.55. The van der Waals surface area contributed by atoms with Gasteiger partial charge in [0, 0.05) is 43.6 Å². The third kappa shape index (κ3) is 5.28. The molecule has 1 saturated heterocycles. The molecule has 4 heterocycles. The van der Waals surface area contributed by atoms with Crippen LogP contribution in [0.25, 0.3) is 28.5 Å². The van der Waals surface area contributed by atoms with Gasteiger partial charge in [0.25, 0.3) is 0 Å². The van der Waals surface area contributed by atoms with E-state index in [0.717, 1.165) is 24.0 Å². The number of anilines is 1. The molecule has 1 fully saturated rings. The minimum Gasteiger partial charge on any atom is -0.432 e. The summed E-state index contributed by atoms with van der Waals surface area (Å²) in [7, 11) is 0. The standard InChI is InChI=1S/C28H25F2N7O2/c29-20-7-3-18(4-8-20)16-32-27(38)36-13-1-2-22(17-36)33-26-31-12-11-23(34-26)25-24(19-5-9-21(30)10-6-19)35-28-37(25)14-15-39-28/h3-12,14-15,22H,1-2,13,16-17H2,(H,32,38)(H,31,33,34)/t22-/m1/s1. The van der Waals surface area contributed by atoms with Gasteiger partial charge in [-0.2, -0.15) is 4.98 Å². The van der Waals surface area contributed by atoms with Gasteiger partial charge in [-0.25, -0.2) is 23.5 Å². The van der Waals surface area contributed by atoms with Crippen LogP contribution in [0.5, 0.6) is 0 Å². The molecule has 2 amide bonds. The topological polar surface area (TPSA) is 101 Å². The zero-order valence-electron chi connectivity index (χ0n) is 20.8. The summed E-state index contributed by atoms with van der Waals surface area (Å²) in [6, 6.07) is 13.7. The van der Waals surface area contributed by atoms with E-state index in [9.17, 15) is 13.6 Å². The molecule has 1 aliphatic heterocycles. The van der Waals surface area contributed by atoms with Crippen LogP contribution in [-0.4, -0.2) is 49.4 Å². The predicted octanol–water partition coefficient (Wildman–Crippen LogP) is 5.12. The van der Waals surface area contributed by atoms with Crippen LogP contribution in [-0.2, 0) is 6.54 Å². The van der Waals surface area contributed by atoms with Crippen molar-refractivity contribution in [3.05, 3.63) is 90.5 Å². The van der Waals surface area contributed by atoms with Gasteiger partial charge in [-0.05, 0) is 60.9 Å². The molecule has 1 aliphatic rings. The normalized spacial score (nSPS) is 15.4. The van der Waals surface area contributed by atoms with Gasteiger partial charge in [0.2, 0.25) is 5.95 Å². The molecule has 198 valence electrons. The molecular formula is C28H25F2N7O2. The molecule has 5 aromatic rings. The predicted molar refractivity (Wildman–Crippen MR) is 141 cm³/mol. The van der Waals surface area contributed by atoms with Crippen molar-refractivity contribution in [2.75, 3.05) is 18.4 Å².